The van der Waals surface area contributed by atoms with Crippen molar-refractivity contribution in [2.75, 3.05) is 11.5 Å². The highest BCUT2D eigenvalue weighted by Crippen LogP contribution is 2.23. The van der Waals surface area contributed by atoms with Gasteiger partial charge in [0.25, 0.3) is 0 Å². The number of carboxylic acid groups (broad SMARTS) is 2. The molecule has 0 aliphatic carbocycles. The Morgan fingerprint density at radius 1 is 0.864 bits per heavy atom. The lowest BCUT2D eigenvalue weighted by molar-refractivity contribution is 0.0687. The van der Waals surface area contributed by atoms with E-state index >= 15 is 0 Å². The van der Waals surface area contributed by atoms with E-state index in [2.05, 4.69) is 0 Å². The minimum Gasteiger partial charge on any atom is -0.506 e. The van der Waals surface area contributed by atoms with Crippen LogP contribution in [0.2, 0.25) is 0 Å². The Labute approximate surface area is 127 Å². The third kappa shape index (κ3) is 3.79. The summed E-state index contributed by atoms with van der Waals surface area (Å²) in [7, 11) is 0. The van der Waals surface area contributed by atoms with Gasteiger partial charge in [0.2, 0.25) is 0 Å². The maximum absolute atomic E-state index is 10.5. The van der Waals surface area contributed by atoms with E-state index in [0.29, 0.717) is 0 Å². The second-order valence-electron chi connectivity index (χ2n) is 3.92. The summed E-state index contributed by atoms with van der Waals surface area (Å²) in [5, 5.41) is 35.2. The third-order valence-corrected chi connectivity index (χ3v) is 2.48. The van der Waals surface area contributed by atoms with Gasteiger partial charge in [-0.3, -0.25) is 0 Å². The van der Waals surface area contributed by atoms with Crippen LogP contribution in [0.4, 0.5) is 11.4 Å². The quantitative estimate of drug-likeness (QED) is 0.357. The van der Waals surface area contributed by atoms with Gasteiger partial charge in [-0.1, -0.05) is 12.1 Å². The van der Waals surface area contributed by atoms with Crippen LogP contribution in [0.3, 0.4) is 0 Å². The number of benzene rings is 2. The Morgan fingerprint density at radius 2 is 1.41 bits per heavy atom. The van der Waals surface area contributed by atoms with Crippen LogP contribution in [0.15, 0.2) is 36.4 Å². The lowest BCUT2D eigenvalue weighted by Crippen LogP contribution is -2.01. The summed E-state index contributed by atoms with van der Waals surface area (Å²) < 4.78 is 14.3. The van der Waals surface area contributed by atoms with E-state index < -0.39 is 28.9 Å². The van der Waals surface area contributed by atoms with Crippen molar-refractivity contribution in [3.05, 3.63) is 47.5 Å². The van der Waals surface area contributed by atoms with Crippen LogP contribution in [0.1, 0.15) is 23.5 Å². The lowest BCUT2D eigenvalue weighted by atomic mass is 10.2. The monoisotopic (exact) mass is 308 g/mol. The molecule has 8 N–H and O–H groups in total. The zero-order chi connectivity index (χ0) is 18.6. The zero-order valence-corrected chi connectivity index (χ0v) is 11.1. The van der Waals surface area contributed by atoms with Crippen LogP contribution in [0, 0.1) is 0 Å². The molecule has 0 saturated carbocycles. The zero-order valence-electron chi connectivity index (χ0n) is 13.1. The highest BCUT2D eigenvalue weighted by atomic mass is 16.4. The summed E-state index contributed by atoms with van der Waals surface area (Å²) in [6.45, 7) is 0. The molecule has 0 saturated heterocycles. The molecule has 2 aromatic carbocycles. The van der Waals surface area contributed by atoms with Gasteiger partial charge in [-0.15, -0.1) is 0 Å². The van der Waals surface area contributed by atoms with Gasteiger partial charge < -0.3 is 31.9 Å². The van der Waals surface area contributed by atoms with E-state index in [1.165, 1.54) is 18.2 Å². The van der Waals surface area contributed by atoms with Crippen molar-refractivity contribution in [2.45, 2.75) is 0 Å². The summed E-state index contributed by atoms with van der Waals surface area (Å²) in [5.74, 6) is -3.34. The predicted octanol–water partition coefficient (Wildman–Crippen LogP) is 1.35. The summed E-state index contributed by atoms with van der Waals surface area (Å²) in [6.07, 6.45) is 0. The molecule has 22 heavy (non-hydrogen) atoms. The molecule has 8 heteroatoms. The number of aromatic carboxylic acids is 2. The average Bonchev–Trinajstić information content (AvgIpc) is 2.47. The number of hydrogen-bond donors (Lipinski definition) is 6. The number of nitrogens with two attached hydrogens (primary N) is 2. The van der Waals surface area contributed by atoms with Crippen LogP contribution >= 0.6 is 0 Å². The van der Waals surface area contributed by atoms with Crippen LogP contribution in [0.25, 0.3) is 0 Å². The van der Waals surface area contributed by atoms with Crippen molar-refractivity contribution in [3.63, 3.8) is 0 Å². The first-order valence-corrected chi connectivity index (χ1v) is 5.70. The van der Waals surface area contributed by atoms with Crippen LogP contribution in [-0.4, -0.2) is 32.4 Å². The molecule has 2 aromatic rings. The Bertz CT molecular complexity index is 810. The van der Waals surface area contributed by atoms with Gasteiger partial charge in [0.1, 0.15) is 11.5 Å². The first-order valence-electron chi connectivity index (χ1n) is 6.70. The van der Waals surface area contributed by atoms with Gasteiger partial charge in [-0.2, -0.15) is 0 Å². The molecule has 0 bridgehead atoms. The average molecular weight is 308 g/mol. The highest BCUT2D eigenvalue weighted by Gasteiger charge is 2.09. The molecule has 116 valence electrons. The standard InChI is InChI=1S/2C7H7NO3/c2*8-6-4(7(10)11)2-1-3-5(6)9/h2*1-3,9H,8H2,(H,10,11)/i2D,3D;. The van der Waals surface area contributed by atoms with Gasteiger partial charge in [-0.05, 0) is 24.2 Å². The third-order valence-electron chi connectivity index (χ3n) is 2.48. The molecule has 0 aromatic heterocycles. The molecule has 0 radical (unpaired) electrons. The molecule has 8 nitrogen and oxygen atoms in total. The SMILES string of the molecule is Nc1c(O)cccc1C(=O)O.[2H]c1cc([2H])c(C(=O)O)c(N)c1O. The number of anilines is 2. The maximum atomic E-state index is 10.5. The molecule has 0 aliphatic rings. The van der Waals surface area contributed by atoms with Crippen LogP contribution < -0.4 is 11.5 Å². The van der Waals surface area contributed by atoms with Gasteiger partial charge in [0.15, 0.2) is 0 Å². The molecular formula is C14H14N2O6. The number of nitrogen functional groups attached to an aromatic ring is 2. The van der Waals surface area contributed by atoms with E-state index in [9.17, 15) is 9.59 Å². The van der Waals surface area contributed by atoms with Crippen molar-refractivity contribution in [2.24, 2.45) is 0 Å². The molecule has 0 heterocycles. The summed E-state index contributed by atoms with van der Waals surface area (Å²) in [5.41, 5.74) is 9.37. The number of hydrogen-bond acceptors (Lipinski definition) is 6. The second kappa shape index (κ2) is 6.84. The minimum absolute atomic E-state index is 0.0787. The van der Waals surface area contributed by atoms with Gasteiger partial charge >= 0.3 is 11.9 Å². The number of aromatic hydroxyl groups is 2. The van der Waals surface area contributed by atoms with Gasteiger partial charge in [0.05, 0.1) is 25.2 Å². The molecule has 2 rings (SSSR count). The van der Waals surface area contributed by atoms with Crippen molar-refractivity contribution < 1.29 is 32.8 Å². The lowest BCUT2D eigenvalue weighted by Gasteiger charge is -2.00. The van der Waals surface area contributed by atoms with Gasteiger partial charge in [-0.25, -0.2) is 9.59 Å². The second-order valence-corrected chi connectivity index (χ2v) is 3.92. The van der Waals surface area contributed by atoms with Crippen LogP contribution in [-0.2, 0) is 0 Å². The van der Waals surface area contributed by atoms with E-state index in [-0.39, 0.29) is 29.1 Å². The summed E-state index contributed by atoms with van der Waals surface area (Å²) in [6, 6.07) is 4.28. The fourth-order valence-electron chi connectivity index (χ4n) is 1.37. The first-order chi connectivity index (χ1) is 11.1. The normalized spacial score (nSPS) is 10.7. The Hall–Kier alpha value is -3.42. The Balaban J connectivity index is 0.000000243. The number of para-hydroxylation sites is 2. The molecule has 0 atom stereocenters. The van der Waals surface area contributed by atoms with Crippen molar-refractivity contribution in [3.8, 4) is 11.5 Å². The van der Waals surface area contributed by atoms with Gasteiger partial charge in [0, 0.05) is 0 Å². The maximum Gasteiger partial charge on any atom is 0.337 e. The number of carbonyl (C=O) groups is 2. The predicted molar refractivity (Wildman–Crippen MR) is 79.0 cm³/mol. The van der Waals surface area contributed by atoms with Crippen molar-refractivity contribution in [1.29, 1.82) is 0 Å². The fourth-order valence-corrected chi connectivity index (χ4v) is 1.37. The number of rotatable bonds is 2. The molecular weight excluding hydrogens is 292 g/mol. The number of phenols is 2. The summed E-state index contributed by atoms with van der Waals surface area (Å²) in [4.78, 5) is 20.9. The topological polar surface area (TPSA) is 167 Å². The van der Waals surface area contributed by atoms with Crippen molar-refractivity contribution >= 4 is 23.3 Å². The van der Waals surface area contributed by atoms with E-state index in [1.807, 2.05) is 0 Å². The molecule has 0 spiro atoms. The molecule has 0 unspecified atom stereocenters. The largest absolute Gasteiger partial charge is 0.506 e. The summed E-state index contributed by atoms with van der Waals surface area (Å²) >= 11 is 0. The van der Waals surface area contributed by atoms with E-state index in [4.69, 9.17) is 34.6 Å². The number of phenolic OH excluding ortho intramolecular Hbond substituents is 2. The molecule has 0 fully saturated rings. The van der Waals surface area contributed by atoms with E-state index in [0.717, 1.165) is 6.07 Å². The molecule has 0 amide bonds. The van der Waals surface area contributed by atoms with Crippen molar-refractivity contribution in [1.82, 2.24) is 0 Å². The first kappa shape index (κ1) is 13.6. The Kier molecular flexibility index (Phi) is 4.22. The highest BCUT2D eigenvalue weighted by molar-refractivity contribution is 5.95. The van der Waals surface area contributed by atoms with E-state index in [1.54, 1.807) is 0 Å². The fraction of sp³-hybridized carbons (Fsp3) is 0. The smallest absolute Gasteiger partial charge is 0.337 e. The number of carboxylic acids is 2. The molecule has 0 aliphatic heterocycles. The van der Waals surface area contributed by atoms with Crippen LogP contribution in [0.5, 0.6) is 11.5 Å². The minimum atomic E-state index is -1.39. The Morgan fingerprint density at radius 3 is 1.91 bits per heavy atom.